The summed E-state index contributed by atoms with van der Waals surface area (Å²) >= 11 is 0. The molecule has 0 fully saturated rings. The van der Waals surface area contributed by atoms with Gasteiger partial charge in [-0.1, -0.05) is 0 Å². The van der Waals surface area contributed by atoms with Crippen LogP contribution >= 0.6 is 0 Å². The molecular formula is C12F22O. The largest absolute Gasteiger partial charge is 0.460 e. The molecule has 0 atom stereocenters. The number of allylic oxidation sites excluding steroid dienone is 2. The van der Waals surface area contributed by atoms with E-state index in [0.29, 0.717) is 0 Å². The third kappa shape index (κ3) is 7.24. The van der Waals surface area contributed by atoms with Crippen molar-refractivity contribution in [3.63, 3.8) is 0 Å². The average molecular weight is 578 g/mol. The zero-order chi connectivity index (χ0) is 29.2. The average Bonchev–Trinajstić information content (AvgIpc) is 2.64. The molecule has 0 saturated carbocycles. The Balaban J connectivity index is 0. The van der Waals surface area contributed by atoms with Gasteiger partial charge in [-0.2, -0.15) is 96.6 Å². The van der Waals surface area contributed by atoms with Gasteiger partial charge in [0.1, 0.15) is 0 Å². The molecule has 0 amide bonds. The third-order valence-electron chi connectivity index (χ3n) is 2.72. The van der Waals surface area contributed by atoms with Crippen molar-refractivity contribution >= 4 is 0 Å². The smallest absolute Gasteiger partial charge is 0.400 e. The van der Waals surface area contributed by atoms with Crippen molar-refractivity contribution in [2.45, 2.75) is 36.0 Å². The van der Waals surface area contributed by atoms with E-state index in [1.54, 1.807) is 0 Å². The number of hydrogen-bond donors (Lipinski definition) is 0. The molecule has 1 nitrogen and oxygen atoms in total. The Morgan fingerprint density at radius 3 is 0.714 bits per heavy atom. The van der Waals surface area contributed by atoms with Crippen molar-refractivity contribution in [1.82, 2.24) is 0 Å². The molecule has 0 aromatic rings. The standard InChI is InChI=1S/C10F18O.C2F4/c11-1(5(15,16)7(19,20)9(23,24)25)3(13)29-4(14)2(12)6(17,18)8(21,22)10(26,27)28;3-1(4)2(5)6. The van der Waals surface area contributed by atoms with E-state index in [4.69, 9.17) is 0 Å². The first-order valence-electron chi connectivity index (χ1n) is 6.82. The van der Waals surface area contributed by atoms with Gasteiger partial charge in [-0.15, -0.1) is 0 Å². The maximum absolute atomic E-state index is 12.8. The van der Waals surface area contributed by atoms with E-state index >= 15 is 0 Å². The molecule has 0 aliphatic carbocycles. The van der Waals surface area contributed by atoms with Gasteiger partial charge < -0.3 is 4.74 Å². The first-order valence-corrected chi connectivity index (χ1v) is 6.82. The number of ether oxygens (including phenoxy) is 1. The summed E-state index contributed by atoms with van der Waals surface area (Å²) < 4.78 is 265. The Kier molecular flexibility index (Phi) is 10.5. The molecule has 35 heavy (non-hydrogen) atoms. The molecule has 0 aliphatic heterocycles. The van der Waals surface area contributed by atoms with Crippen molar-refractivity contribution in [2.24, 2.45) is 0 Å². The lowest BCUT2D eigenvalue weighted by Crippen LogP contribution is -2.52. The van der Waals surface area contributed by atoms with Crippen LogP contribution in [0.25, 0.3) is 0 Å². The minimum atomic E-state index is -7.46. The molecule has 0 radical (unpaired) electrons. The normalized spacial score (nSPS) is 15.5. The van der Waals surface area contributed by atoms with Crippen LogP contribution in [0.1, 0.15) is 0 Å². The second-order valence-corrected chi connectivity index (χ2v) is 5.09. The molecule has 0 aliphatic rings. The zero-order valence-corrected chi connectivity index (χ0v) is 14.7. The molecule has 0 saturated heterocycles. The van der Waals surface area contributed by atoms with Crippen molar-refractivity contribution in [3.8, 4) is 0 Å². The third-order valence-corrected chi connectivity index (χ3v) is 2.72. The van der Waals surface area contributed by atoms with Crippen LogP contribution < -0.4 is 0 Å². The minimum Gasteiger partial charge on any atom is -0.400 e. The molecule has 0 unspecified atom stereocenters. The van der Waals surface area contributed by atoms with Gasteiger partial charge in [0.15, 0.2) is 0 Å². The van der Waals surface area contributed by atoms with Crippen LogP contribution in [0.4, 0.5) is 96.6 Å². The maximum Gasteiger partial charge on any atom is 0.460 e. The van der Waals surface area contributed by atoms with Gasteiger partial charge in [0.2, 0.25) is 11.7 Å². The maximum atomic E-state index is 12.8. The molecular weight excluding hydrogens is 578 g/mol. The predicted molar refractivity (Wildman–Crippen MR) is 62.9 cm³/mol. The first kappa shape index (κ1) is 34.6. The summed E-state index contributed by atoms with van der Waals surface area (Å²) in [6, 6.07) is -8.67. The molecule has 208 valence electrons. The van der Waals surface area contributed by atoms with Crippen molar-refractivity contribution in [1.29, 1.82) is 0 Å². The van der Waals surface area contributed by atoms with Gasteiger partial charge in [-0.05, 0) is 0 Å². The topological polar surface area (TPSA) is 9.23 Å². The lowest BCUT2D eigenvalue weighted by molar-refractivity contribution is -0.349. The minimum absolute atomic E-state index is 2.08. The Hall–Kier alpha value is -2.52. The number of halogens is 22. The number of alkyl halides is 14. The second kappa shape index (κ2) is 10.6. The van der Waals surface area contributed by atoms with Gasteiger partial charge in [-0.3, -0.25) is 0 Å². The van der Waals surface area contributed by atoms with Crippen LogP contribution in [-0.2, 0) is 4.74 Å². The zero-order valence-electron chi connectivity index (χ0n) is 14.7. The molecule has 0 heterocycles. The van der Waals surface area contributed by atoms with Crippen molar-refractivity contribution < 1.29 is 101 Å². The lowest BCUT2D eigenvalue weighted by Gasteiger charge is -2.27. The molecule has 0 spiro atoms. The van der Waals surface area contributed by atoms with Crippen molar-refractivity contribution in [2.75, 3.05) is 0 Å². The van der Waals surface area contributed by atoms with Gasteiger partial charge in [0.25, 0.3) is 0 Å². The summed E-state index contributed by atoms with van der Waals surface area (Å²) in [6.45, 7) is 0. The molecule has 0 rings (SSSR count). The van der Waals surface area contributed by atoms with E-state index in [0.717, 1.165) is 0 Å². The summed E-state index contributed by atoms with van der Waals surface area (Å²) in [6.07, 6.45) is -20.4. The van der Waals surface area contributed by atoms with E-state index in [1.165, 1.54) is 0 Å². The highest BCUT2D eigenvalue weighted by Crippen LogP contribution is 2.53. The SMILES string of the molecule is FC(F)=C(F)F.FC(OC(F)=C(F)C(F)(F)C(F)(F)C(F)(F)F)=C(F)C(F)(F)C(F)(F)C(F)(F)F. The summed E-state index contributed by atoms with van der Waals surface area (Å²) in [5.41, 5.74) is 0. The van der Waals surface area contributed by atoms with Gasteiger partial charge in [-0.25, -0.2) is 0 Å². The Morgan fingerprint density at radius 1 is 0.371 bits per heavy atom. The van der Waals surface area contributed by atoms with E-state index in [-0.39, 0.29) is 0 Å². The van der Waals surface area contributed by atoms with Crippen LogP contribution in [0.2, 0.25) is 0 Å². The molecule has 0 aromatic heterocycles. The highest BCUT2D eigenvalue weighted by molar-refractivity contribution is 5.17. The van der Waals surface area contributed by atoms with E-state index in [2.05, 4.69) is 4.74 Å². The Bertz CT molecular complexity index is 761. The van der Waals surface area contributed by atoms with Crippen LogP contribution in [0, 0.1) is 0 Å². The fourth-order valence-electron chi connectivity index (χ4n) is 1.05. The molecule has 0 bridgehead atoms. The fraction of sp³-hybridized carbons (Fsp3) is 0.500. The Labute approximate surface area is 174 Å². The van der Waals surface area contributed by atoms with Crippen LogP contribution in [0.5, 0.6) is 0 Å². The highest BCUT2D eigenvalue weighted by Gasteiger charge is 2.77. The second-order valence-electron chi connectivity index (χ2n) is 5.09. The highest BCUT2D eigenvalue weighted by atomic mass is 19.4. The molecule has 0 N–H and O–H groups in total. The lowest BCUT2D eigenvalue weighted by atomic mass is 10.1. The quantitative estimate of drug-likeness (QED) is 0.226. The van der Waals surface area contributed by atoms with Crippen LogP contribution in [0.3, 0.4) is 0 Å². The predicted octanol–water partition coefficient (Wildman–Crippen LogP) is 8.88. The van der Waals surface area contributed by atoms with Gasteiger partial charge >= 0.3 is 60.2 Å². The summed E-state index contributed by atoms with van der Waals surface area (Å²) in [5, 5.41) is 0. The molecule has 0 aromatic carbocycles. The van der Waals surface area contributed by atoms with Gasteiger partial charge in [0.05, 0.1) is 0 Å². The Morgan fingerprint density at radius 2 is 0.571 bits per heavy atom. The van der Waals surface area contributed by atoms with E-state index in [1.807, 2.05) is 0 Å². The number of hydrogen-bond acceptors (Lipinski definition) is 1. The van der Waals surface area contributed by atoms with Crippen molar-refractivity contribution in [3.05, 3.63) is 35.8 Å². The van der Waals surface area contributed by atoms with Crippen LogP contribution in [-0.4, -0.2) is 36.0 Å². The first-order chi connectivity index (χ1) is 15.0. The summed E-state index contributed by atoms with van der Waals surface area (Å²) in [7, 11) is 0. The van der Waals surface area contributed by atoms with E-state index < -0.39 is 71.9 Å². The van der Waals surface area contributed by atoms with Crippen LogP contribution in [0.15, 0.2) is 35.8 Å². The summed E-state index contributed by atoms with van der Waals surface area (Å²) in [4.78, 5) is 0. The monoisotopic (exact) mass is 578 g/mol. The summed E-state index contributed by atoms with van der Waals surface area (Å²) in [5.74, 6) is -38.9. The van der Waals surface area contributed by atoms with Gasteiger partial charge in [0, 0.05) is 0 Å². The molecule has 23 heteroatoms. The number of rotatable bonds is 6. The van der Waals surface area contributed by atoms with E-state index in [9.17, 15) is 96.6 Å². The fourth-order valence-corrected chi connectivity index (χ4v) is 1.05.